The van der Waals surface area contributed by atoms with Crippen molar-refractivity contribution in [2.45, 2.75) is 0 Å². The van der Waals surface area contributed by atoms with E-state index in [1.165, 1.54) is 0 Å². The predicted molar refractivity (Wildman–Crippen MR) is 39.0 cm³/mol. The minimum atomic E-state index is 0.279. The Morgan fingerprint density at radius 3 is 2.44 bits per heavy atom. The van der Waals surface area contributed by atoms with E-state index < -0.39 is 0 Å². The van der Waals surface area contributed by atoms with E-state index in [0.29, 0.717) is 0 Å². The second-order valence-corrected chi connectivity index (χ2v) is 1.77. The van der Waals surface area contributed by atoms with E-state index in [-0.39, 0.29) is 7.41 Å². The van der Waals surface area contributed by atoms with Gasteiger partial charge in [0.05, 0.1) is 0 Å². The van der Waals surface area contributed by atoms with Crippen molar-refractivity contribution < 1.29 is 0 Å². The third-order valence-electron chi connectivity index (χ3n) is 1.09. The van der Waals surface area contributed by atoms with Gasteiger partial charge >= 0.3 is 7.41 Å². The summed E-state index contributed by atoms with van der Waals surface area (Å²) in [7, 11) is 0.279. The van der Waals surface area contributed by atoms with Crippen LogP contribution >= 0.6 is 0 Å². The maximum atomic E-state index is 9.72. The van der Waals surface area contributed by atoms with Gasteiger partial charge in [-0.2, -0.15) is 4.91 Å². The van der Waals surface area contributed by atoms with Gasteiger partial charge in [0.1, 0.15) is 0 Å². The molecular weight excluding hydrogens is 113 g/mol. The summed E-state index contributed by atoms with van der Waals surface area (Å²) in [6, 6.07) is 9.44. The Balaban J connectivity index is 2.72. The van der Waals surface area contributed by atoms with Crippen LogP contribution in [0.2, 0.25) is 0 Å². The van der Waals surface area contributed by atoms with E-state index in [1.54, 1.807) is 0 Å². The standard InChI is InChI=1S/C6H6BNO/c9-8-7-6-4-2-1-3-5-6/h1-5,7H. The molecule has 0 fully saturated rings. The van der Waals surface area contributed by atoms with Gasteiger partial charge in [0.15, 0.2) is 0 Å². The zero-order valence-electron chi connectivity index (χ0n) is 4.95. The van der Waals surface area contributed by atoms with Gasteiger partial charge in [0, 0.05) is 0 Å². The molecule has 0 heterocycles. The van der Waals surface area contributed by atoms with Crippen LogP contribution in [0.25, 0.3) is 0 Å². The van der Waals surface area contributed by atoms with Crippen LogP contribution in [-0.2, 0) is 0 Å². The SMILES string of the molecule is O=NBc1ccccc1. The summed E-state index contributed by atoms with van der Waals surface area (Å²) in [5, 5.41) is 2.76. The zero-order chi connectivity index (χ0) is 6.53. The molecule has 0 atom stereocenters. The van der Waals surface area contributed by atoms with Crippen LogP contribution in [0.3, 0.4) is 0 Å². The molecule has 0 saturated heterocycles. The molecular formula is C6H6BNO. The fourth-order valence-corrected chi connectivity index (χ4v) is 0.658. The third kappa shape index (κ3) is 1.68. The van der Waals surface area contributed by atoms with Gasteiger partial charge in [-0.1, -0.05) is 35.8 Å². The van der Waals surface area contributed by atoms with E-state index in [0.717, 1.165) is 5.46 Å². The summed E-state index contributed by atoms with van der Waals surface area (Å²) >= 11 is 0. The molecule has 0 unspecified atom stereocenters. The highest BCUT2D eigenvalue weighted by Gasteiger charge is 1.90. The second-order valence-electron chi connectivity index (χ2n) is 1.77. The summed E-state index contributed by atoms with van der Waals surface area (Å²) in [4.78, 5) is 9.72. The van der Waals surface area contributed by atoms with Crippen LogP contribution in [0.1, 0.15) is 0 Å². The summed E-state index contributed by atoms with van der Waals surface area (Å²) in [5.74, 6) is 0. The summed E-state index contributed by atoms with van der Waals surface area (Å²) in [5.41, 5.74) is 0.965. The minimum absolute atomic E-state index is 0.279. The minimum Gasteiger partial charge on any atom is -0.168 e. The molecule has 9 heavy (non-hydrogen) atoms. The molecule has 1 aromatic carbocycles. The lowest BCUT2D eigenvalue weighted by molar-refractivity contribution is 1.72. The van der Waals surface area contributed by atoms with E-state index in [4.69, 9.17) is 0 Å². The van der Waals surface area contributed by atoms with Crippen molar-refractivity contribution in [1.82, 2.24) is 0 Å². The van der Waals surface area contributed by atoms with Crippen molar-refractivity contribution in [2.24, 2.45) is 5.09 Å². The first-order valence-corrected chi connectivity index (χ1v) is 2.76. The average Bonchev–Trinajstić information content (AvgIpc) is 1.91. The second kappa shape index (κ2) is 3.02. The van der Waals surface area contributed by atoms with E-state index in [1.807, 2.05) is 30.3 Å². The Bertz CT molecular complexity index is 188. The normalized spacial score (nSPS) is 8.44. The zero-order valence-corrected chi connectivity index (χ0v) is 4.95. The number of benzene rings is 1. The van der Waals surface area contributed by atoms with Crippen molar-refractivity contribution >= 4 is 12.9 Å². The first-order valence-electron chi connectivity index (χ1n) is 2.76. The number of hydrogen-bond donors (Lipinski definition) is 0. The van der Waals surface area contributed by atoms with Gasteiger partial charge in [-0.3, -0.25) is 0 Å². The molecule has 3 heteroatoms. The van der Waals surface area contributed by atoms with Gasteiger partial charge in [0.2, 0.25) is 0 Å². The molecule has 0 aliphatic heterocycles. The van der Waals surface area contributed by atoms with Crippen LogP contribution in [0.5, 0.6) is 0 Å². The molecule has 0 amide bonds. The Labute approximate surface area is 54.1 Å². The Kier molecular flexibility index (Phi) is 2.02. The van der Waals surface area contributed by atoms with Crippen LogP contribution in [-0.4, -0.2) is 7.41 Å². The maximum Gasteiger partial charge on any atom is 0.352 e. The Hall–Kier alpha value is -1.12. The fraction of sp³-hybridized carbons (Fsp3) is 0. The van der Waals surface area contributed by atoms with Crippen molar-refractivity contribution in [2.75, 3.05) is 0 Å². The quantitative estimate of drug-likeness (QED) is 0.410. The van der Waals surface area contributed by atoms with Crippen LogP contribution < -0.4 is 5.46 Å². The van der Waals surface area contributed by atoms with Crippen molar-refractivity contribution in [3.8, 4) is 0 Å². The molecule has 1 aromatic rings. The average molecular weight is 119 g/mol. The van der Waals surface area contributed by atoms with Gasteiger partial charge in [0.25, 0.3) is 0 Å². The Morgan fingerprint density at radius 1 is 1.22 bits per heavy atom. The first-order chi connectivity index (χ1) is 4.43. The van der Waals surface area contributed by atoms with E-state index >= 15 is 0 Å². The highest BCUT2D eigenvalue weighted by Crippen LogP contribution is 1.80. The van der Waals surface area contributed by atoms with Crippen molar-refractivity contribution in [3.63, 3.8) is 0 Å². The molecule has 2 nitrogen and oxygen atoms in total. The summed E-state index contributed by atoms with van der Waals surface area (Å²) in [6.07, 6.45) is 0. The predicted octanol–water partition coefficient (Wildman–Crippen LogP) is 0.430. The number of nitrogens with zero attached hydrogens (tertiary/aromatic N) is 1. The molecule has 0 aromatic heterocycles. The van der Waals surface area contributed by atoms with Gasteiger partial charge in [-0.05, 0) is 0 Å². The molecule has 44 valence electrons. The maximum absolute atomic E-state index is 9.72. The molecule has 0 aliphatic carbocycles. The third-order valence-corrected chi connectivity index (χ3v) is 1.09. The van der Waals surface area contributed by atoms with Gasteiger partial charge in [-0.15, -0.1) is 5.09 Å². The largest absolute Gasteiger partial charge is 0.352 e. The number of rotatable bonds is 2. The molecule has 0 spiro atoms. The topological polar surface area (TPSA) is 29.4 Å². The van der Waals surface area contributed by atoms with E-state index in [2.05, 4.69) is 5.09 Å². The fourth-order valence-electron chi connectivity index (χ4n) is 0.658. The molecule has 0 aliphatic rings. The number of hydrogen-bond acceptors (Lipinski definition) is 2. The lowest BCUT2D eigenvalue weighted by atomic mass is 9.85. The van der Waals surface area contributed by atoms with Crippen LogP contribution in [0.4, 0.5) is 0 Å². The molecule has 0 saturated carbocycles. The molecule has 0 N–H and O–H groups in total. The molecule has 0 radical (unpaired) electrons. The first kappa shape index (κ1) is 6.01. The lowest BCUT2D eigenvalue weighted by Crippen LogP contribution is -2.09. The van der Waals surface area contributed by atoms with Crippen molar-refractivity contribution in [1.29, 1.82) is 0 Å². The van der Waals surface area contributed by atoms with Crippen LogP contribution in [0, 0.1) is 4.91 Å². The van der Waals surface area contributed by atoms with Gasteiger partial charge in [-0.25, -0.2) is 0 Å². The molecule has 0 bridgehead atoms. The Morgan fingerprint density at radius 2 is 1.89 bits per heavy atom. The van der Waals surface area contributed by atoms with E-state index in [9.17, 15) is 4.91 Å². The summed E-state index contributed by atoms with van der Waals surface area (Å²) in [6.45, 7) is 0. The van der Waals surface area contributed by atoms with Crippen LogP contribution in [0.15, 0.2) is 35.4 Å². The van der Waals surface area contributed by atoms with Gasteiger partial charge < -0.3 is 0 Å². The lowest BCUT2D eigenvalue weighted by Gasteiger charge is -1.86. The molecule has 1 rings (SSSR count). The monoisotopic (exact) mass is 119 g/mol. The highest BCUT2D eigenvalue weighted by atomic mass is 16.2. The van der Waals surface area contributed by atoms with Crippen molar-refractivity contribution in [3.05, 3.63) is 35.2 Å². The highest BCUT2D eigenvalue weighted by molar-refractivity contribution is 6.51. The smallest absolute Gasteiger partial charge is 0.168 e. The summed E-state index contributed by atoms with van der Waals surface area (Å²) < 4.78 is 0. The number of nitroso groups, excluding NO2 is 1.